The molecule has 0 bridgehead atoms. The number of nitrogens with one attached hydrogen (secondary N) is 2. The second-order valence-corrected chi connectivity index (χ2v) is 7.19. The molecule has 4 rings (SSSR count). The lowest BCUT2D eigenvalue weighted by Gasteiger charge is -2.19. The van der Waals surface area contributed by atoms with Crippen LogP contribution < -0.4 is 10.6 Å². The Morgan fingerprint density at radius 2 is 2.11 bits per heavy atom. The molecule has 1 aromatic heterocycles. The van der Waals surface area contributed by atoms with Crippen molar-refractivity contribution in [3.63, 3.8) is 0 Å². The number of fused-ring (bicyclic) bond motifs is 1. The van der Waals surface area contributed by atoms with E-state index in [1.165, 1.54) is 0 Å². The zero-order chi connectivity index (χ0) is 18.8. The van der Waals surface area contributed by atoms with Crippen molar-refractivity contribution < 1.29 is 9.90 Å². The third kappa shape index (κ3) is 3.72. The van der Waals surface area contributed by atoms with E-state index in [0.29, 0.717) is 6.54 Å². The van der Waals surface area contributed by atoms with Crippen LogP contribution in [0.3, 0.4) is 0 Å². The molecule has 0 saturated carbocycles. The lowest BCUT2D eigenvalue weighted by molar-refractivity contribution is -0.125. The van der Waals surface area contributed by atoms with E-state index >= 15 is 0 Å². The molecule has 3 aromatic rings. The highest BCUT2D eigenvalue weighted by atomic mass is 16.3. The first-order chi connectivity index (χ1) is 13.1. The number of carbonyl (C=O) groups is 1. The Hall–Kier alpha value is -2.70. The fourth-order valence-corrected chi connectivity index (χ4v) is 3.80. The van der Waals surface area contributed by atoms with E-state index in [4.69, 9.17) is 0 Å². The third-order valence-corrected chi connectivity index (χ3v) is 5.33. The SMILES string of the molecule is Cn1cc([C@H]2CNC[C@@H]2C(=O)NCC(O)c2ccc3ccccc3c2)cn1. The van der Waals surface area contributed by atoms with Crippen LogP contribution in [0, 0.1) is 5.92 Å². The van der Waals surface area contributed by atoms with E-state index in [-0.39, 0.29) is 24.3 Å². The number of hydrogen-bond donors (Lipinski definition) is 3. The highest BCUT2D eigenvalue weighted by molar-refractivity contribution is 5.83. The van der Waals surface area contributed by atoms with Crippen molar-refractivity contribution in [2.24, 2.45) is 13.0 Å². The zero-order valence-corrected chi connectivity index (χ0v) is 15.3. The number of amides is 1. The molecule has 2 aromatic carbocycles. The lowest BCUT2D eigenvalue weighted by Crippen LogP contribution is -2.36. The summed E-state index contributed by atoms with van der Waals surface area (Å²) < 4.78 is 1.76. The highest BCUT2D eigenvalue weighted by Gasteiger charge is 2.34. The van der Waals surface area contributed by atoms with Crippen LogP contribution in [0.4, 0.5) is 0 Å². The van der Waals surface area contributed by atoms with Gasteiger partial charge in [-0.15, -0.1) is 0 Å². The van der Waals surface area contributed by atoms with Crippen LogP contribution in [0.1, 0.15) is 23.1 Å². The summed E-state index contributed by atoms with van der Waals surface area (Å²) in [5.41, 5.74) is 1.88. The van der Waals surface area contributed by atoms with E-state index in [0.717, 1.165) is 28.4 Å². The van der Waals surface area contributed by atoms with Crippen molar-refractivity contribution in [2.45, 2.75) is 12.0 Å². The second-order valence-electron chi connectivity index (χ2n) is 7.19. The number of nitrogens with zero attached hydrogens (tertiary/aromatic N) is 2. The molecular weight excluding hydrogens is 340 g/mol. The lowest BCUT2D eigenvalue weighted by atomic mass is 9.90. The fraction of sp³-hybridized carbons (Fsp3) is 0.333. The molecule has 0 aliphatic carbocycles. The van der Waals surface area contributed by atoms with Gasteiger partial charge in [-0.1, -0.05) is 36.4 Å². The standard InChI is InChI=1S/C21H24N4O2/c1-25-13-17(9-24-25)18-10-22-11-19(18)21(27)23-12-20(26)16-7-6-14-4-2-3-5-15(14)8-16/h2-9,13,18-20,22,26H,10-12H2,1H3,(H,23,27)/t18-,19+,20?/m1/s1. The van der Waals surface area contributed by atoms with Crippen LogP contribution >= 0.6 is 0 Å². The van der Waals surface area contributed by atoms with Crippen molar-refractivity contribution in [3.8, 4) is 0 Å². The predicted octanol–water partition coefficient (Wildman–Crippen LogP) is 1.73. The topological polar surface area (TPSA) is 79.2 Å². The average Bonchev–Trinajstić information content (AvgIpc) is 3.34. The van der Waals surface area contributed by atoms with E-state index in [9.17, 15) is 9.90 Å². The summed E-state index contributed by atoms with van der Waals surface area (Å²) in [6.07, 6.45) is 3.05. The van der Waals surface area contributed by atoms with E-state index < -0.39 is 6.10 Å². The molecule has 3 N–H and O–H groups in total. The Morgan fingerprint density at radius 1 is 1.30 bits per heavy atom. The third-order valence-electron chi connectivity index (χ3n) is 5.33. The highest BCUT2D eigenvalue weighted by Crippen LogP contribution is 2.28. The van der Waals surface area contributed by atoms with Crippen LogP contribution in [-0.4, -0.2) is 40.4 Å². The molecule has 140 valence electrons. The minimum atomic E-state index is -0.732. The maximum Gasteiger partial charge on any atom is 0.225 e. The molecule has 1 saturated heterocycles. The van der Waals surface area contributed by atoms with E-state index in [1.807, 2.05) is 61.9 Å². The molecule has 27 heavy (non-hydrogen) atoms. The summed E-state index contributed by atoms with van der Waals surface area (Å²) in [6.45, 7) is 1.60. The Labute approximate surface area is 158 Å². The summed E-state index contributed by atoms with van der Waals surface area (Å²) >= 11 is 0. The van der Waals surface area contributed by atoms with Crippen molar-refractivity contribution in [1.82, 2.24) is 20.4 Å². The number of hydrogen-bond acceptors (Lipinski definition) is 4. The van der Waals surface area contributed by atoms with Gasteiger partial charge in [-0.2, -0.15) is 5.10 Å². The molecule has 0 radical (unpaired) electrons. The predicted molar refractivity (Wildman–Crippen MR) is 104 cm³/mol. The van der Waals surface area contributed by atoms with Gasteiger partial charge in [0, 0.05) is 38.8 Å². The number of carbonyl (C=O) groups excluding carboxylic acids is 1. The molecule has 1 fully saturated rings. The first kappa shape index (κ1) is 17.7. The van der Waals surface area contributed by atoms with Crippen molar-refractivity contribution >= 4 is 16.7 Å². The van der Waals surface area contributed by atoms with E-state index in [2.05, 4.69) is 15.7 Å². The molecule has 1 aliphatic heterocycles. The second kappa shape index (κ2) is 7.50. The molecule has 3 atom stereocenters. The smallest absolute Gasteiger partial charge is 0.225 e. The summed E-state index contributed by atoms with van der Waals surface area (Å²) in [5.74, 6) is -0.0804. The Morgan fingerprint density at radius 3 is 2.89 bits per heavy atom. The summed E-state index contributed by atoms with van der Waals surface area (Å²) in [4.78, 5) is 12.7. The van der Waals surface area contributed by atoms with Gasteiger partial charge in [0.25, 0.3) is 0 Å². The van der Waals surface area contributed by atoms with Gasteiger partial charge < -0.3 is 15.7 Å². The van der Waals surface area contributed by atoms with Crippen LogP contribution in [0.5, 0.6) is 0 Å². The van der Waals surface area contributed by atoms with Gasteiger partial charge in [-0.3, -0.25) is 9.48 Å². The van der Waals surface area contributed by atoms with Crippen LogP contribution in [0.25, 0.3) is 10.8 Å². The molecule has 0 spiro atoms. The van der Waals surface area contributed by atoms with Crippen molar-refractivity contribution in [2.75, 3.05) is 19.6 Å². The Balaban J connectivity index is 1.40. The summed E-state index contributed by atoms with van der Waals surface area (Å²) in [6, 6.07) is 13.9. The van der Waals surface area contributed by atoms with Gasteiger partial charge in [0.15, 0.2) is 0 Å². The van der Waals surface area contributed by atoms with Gasteiger partial charge >= 0.3 is 0 Å². The minimum absolute atomic E-state index is 0.0336. The number of aryl methyl sites for hydroxylation is 1. The van der Waals surface area contributed by atoms with Crippen LogP contribution in [0.15, 0.2) is 54.9 Å². The van der Waals surface area contributed by atoms with Crippen LogP contribution in [-0.2, 0) is 11.8 Å². The van der Waals surface area contributed by atoms with Crippen molar-refractivity contribution in [3.05, 3.63) is 66.0 Å². The van der Waals surface area contributed by atoms with Gasteiger partial charge in [0.05, 0.1) is 18.2 Å². The first-order valence-electron chi connectivity index (χ1n) is 9.25. The molecule has 1 aliphatic rings. The molecule has 1 amide bonds. The largest absolute Gasteiger partial charge is 0.387 e. The van der Waals surface area contributed by atoms with Crippen LogP contribution in [0.2, 0.25) is 0 Å². The molecule has 1 unspecified atom stereocenters. The summed E-state index contributed by atoms with van der Waals surface area (Å²) in [5, 5.41) is 23.2. The Kier molecular flexibility index (Phi) is 4.92. The number of aliphatic hydroxyl groups excluding tert-OH is 1. The fourth-order valence-electron chi connectivity index (χ4n) is 3.80. The maximum atomic E-state index is 12.7. The van der Waals surface area contributed by atoms with E-state index in [1.54, 1.807) is 4.68 Å². The minimum Gasteiger partial charge on any atom is -0.387 e. The number of aliphatic hydroxyl groups is 1. The van der Waals surface area contributed by atoms with Gasteiger partial charge in [0.1, 0.15) is 0 Å². The van der Waals surface area contributed by atoms with Gasteiger partial charge in [0.2, 0.25) is 5.91 Å². The number of rotatable bonds is 5. The number of benzene rings is 2. The molecular formula is C21H24N4O2. The quantitative estimate of drug-likeness (QED) is 0.644. The average molecular weight is 364 g/mol. The molecule has 6 nitrogen and oxygen atoms in total. The summed E-state index contributed by atoms with van der Waals surface area (Å²) in [7, 11) is 1.88. The zero-order valence-electron chi connectivity index (χ0n) is 15.3. The van der Waals surface area contributed by atoms with Crippen molar-refractivity contribution in [1.29, 1.82) is 0 Å². The maximum absolute atomic E-state index is 12.7. The Bertz CT molecular complexity index is 952. The molecule has 6 heteroatoms. The normalized spacial score (nSPS) is 20.7. The number of aromatic nitrogens is 2. The first-order valence-corrected chi connectivity index (χ1v) is 9.25. The van der Waals surface area contributed by atoms with Gasteiger partial charge in [-0.25, -0.2) is 0 Å². The van der Waals surface area contributed by atoms with Gasteiger partial charge in [-0.05, 0) is 28.0 Å². The molecule has 2 heterocycles. The monoisotopic (exact) mass is 364 g/mol.